The van der Waals surface area contributed by atoms with Gasteiger partial charge in [-0.15, -0.1) is 0 Å². The Hall–Kier alpha value is -0.880. The Morgan fingerprint density at radius 3 is 2.56 bits per heavy atom. The maximum absolute atomic E-state index is 12.1. The SMILES string of the molecule is CCc1ncc(S(=O)(=O)N(C)C(C)CC)[nH]1. The third-order valence-electron chi connectivity index (χ3n) is 2.81. The molecule has 0 saturated heterocycles. The summed E-state index contributed by atoms with van der Waals surface area (Å²) in [4.78, 5) is 6.83. The summed E-state index contributed by atoms with van der Waals surface area (Å²) in [7, 11) is -1.83. The normalized spacial score (nSPS) is 14.3. The van der Waals surface area contributed by atoms with Crippen LogP contribution in [-0.2, 0) is 16.4 Å². The van der Waals surface area contributed by atoms with Gasteiger partial charge in [0.05, 0.1) is 6.20 Å². The van der Waals surface area contributed by atoms with Crippen LogP contribution < -0.4 is 0 Å². The fraction of sp³-hybridized carbons (Fsp3) is 0.700. The van der Waals surface area contributed by atoms with Gasteiger partial charge in [0.1, 0.15) is 5.82 Å². The summed E-state index contributed by atoms with van der Waals surface area (Å²) in [6, 6.07) is -0.0154. The zero-order valence-corrected chi connectivity index (χ0v) is 11.0. The van der Waals surface area contributed by atoms with Gasteiger partial charge >= 0.3 is 0 Å². The van der Waals surface area contributed by atoms with E-state index in [-0.39, 0.29) is 11.1 Å². The van der Waals surface area contributed by atoms with E-state index < -0.39 is 10.0 Å². The molecule has 1 rings (SSSR count). The Bertz CT molecular complexity index is 439. The van der Waals surface area contributed by atoms with Gasteiger partial charge in [0.15, 0.2) is 5.03 Å². The minimum atomic E-state index is -3.42. The second-order valence-corrected chi connectivity index (χ2v) is 5.79. The second-order valence-electron chi connectivity index (χ2n) is 3.83. The molecule has 16 heavy (non-hydrogen) atoms. The molecule has 0 bridgehead atoms. The number of hydrogen-bond acceptors (Lipinski definition) is 3. The molecule has 0 fully saturated rings. The number of aromatic amines is 1. The number of aromatic nitrogens is 2. The number of rotatable bonds is 5. The summed E-state index contributed by atoms with van der Waals surface area (Å²) >= 11 is 0. The summed E-state index contributed by atoms with van der Waals surface area (Å²) < 4.78 is 25.6. The molecular weight excluding hydrogens is 226 g/mol. The van der Waals surface area contributed by atoms with Crippen molar-refractivity contribution in [3.05, 3.63) is 12.0 Å². The first-order valence-electron chi connectivity index (χ1n) is 5.45. The van der Waals surface area contributed by atoms with Gasteiger partial charge in [0.2, 0.25) is 0 Å². The van der Waals surface area contributed by atoms with Crippen LogP contribution >= 0.6 is 0 Å². The summed E-state index contributed by atoms with van der Waals surface area (Å²) in [5.41, 5.74) is 0. The lowest BCUT2D eigenvalue weighted by atomic mass is 10.3. The summed E-state index contributed by atoms with van der Waals surface area (Å²) in [6.07, 6.45) is 2.86. The molecule has 0 aliphatic carbocycles. The topological polar surface area (TPSA) is 66.1 Å². The van der Waals surface area contributed by atoms with Crippen LogP contribution in [0.5, 0.6) is 0 Å². The number of hydrogen-bond donors (Lipinski definition) is 1. The molecule has 0 aromatic carbocycles. The Balaban J connectivity index is 3.01. The highest BCUT2D eigenvalue weighted by Gasteiger charge is 2.26. The molecule has 1 aromatic rings. The maximum Gasteiger partial charge on any atom is 0.260 e. The third-order valence-corrected chi connectivity index (χ3v) is 4.69. The number of imidazole rings is 1. The highest BCUT2D eigenvalue weighted by Crippen LogP contribution is 2.15. The van der Waals surface area contributed by atoms with Gasteiger partial charge in [0.25, 0.3) is 10.0 Å². The standard InChI is InChI=1S/C10H19N3O2S/c1-5-8(3)13(4)16(14,15)10-7-11-9(6-2)12-10/h7-8H,5-6H2,1-4H3,(H,11,12). The van der Waals surface area contributed by atoms with Gasteiger partial charge in [-0.05, 0) is 13.3 Å². The molecule has 1 atom stereocenters. The molecule has 1 aromatic heterocycles. The number of H-pyrrole nitrogens is 1. The van der Waals surface area contributed by atoms with E-state index >= 15 is 0 Å². The van der Waals surface area contributed by atoms with Crippen molar-refractivity contribution in [3.63, 3.8) is 0 Å². The highest BCUT2D eigenvalue weighted by molar-refractivity contribution is 7.89. The third kappa shape index (κ3) is 2.44. The molecule has 0 radical (unpaired) electrons. The number of aryl methyl sites for hydroxylation is 1. The van der Waals surface area contributed by atoms with Crippen LogP contribution in [0, 0.1) is 0 Å². The fourth-order valence-corrected chi connectivity index (χ4v) is 2.67. The van der Waals surface area contributed by atoms with Crippen molar-refractivity contribution in [1.29, 1.82) is 0 Å². The zero-order valence-electron chi connectivity index (χ0n) is 10.2. The van der Waals surface area contributed by atoms with E-state index in [0.717, 1.165) is 6.42 Å². The predicted molar refractivity (Wildman–Crippen MR) is 62.7 cm³/mol. The molecule has 0 aliphatic heterocycles. The quantitative estimate of drug-likeness (QED) is 0.852. The molecule has 1 heterocycles. The van der Waals surface area contributed by atoms with Crippen LogP contribution in [0.1, 0.15) is 33.0 Å². The Morgan fingerprint density at radius 1 is 1.50 bits per heavy atom. The van der Waals surface area contributed by atoms with E-state index in [1.54, 1.807) is 7.05 Å². The maximum atomic E-state index is 12.1. The lowest BCUT2D eigenvalue weighted by Crippen LogP contribution is -2.34. The van der Waals surface area contributed by atoms with Gasteiger partial charge in [-0.1, -0.05) is 13.8 Å². The Kier molecular flexibility index (Phi) is 4.09. The predicted octanol–water partition coefficient (Wildman–Crippen LogP) is 1.39. The molecule has 1 unspecified atom stereocenters. The minimum absolute atomic E-state index is 0.0154. The van der Waals surface area contributed by atoms with Gasteiger partial charge in [-0.3, -0.25) is 0 Å². The van der Waals surface area contributed by atoms with Gasteiger partial charge in [-0.2, -0.15) is 4.31 Å². The zero-order chi connectivity index (χ0) is 12.3. The summed E-state index contributed by atoms with van der Waals surface area (Å²) in [5.74, 6) is 0.691. The van der Waals surface area contributed by atoms with Crippen LogP contribution in [0.2, 0.25) is 0 Å². The first-order chi connectivity index (χ1) is 7.43. The van der Waals surface area contributed by atoms with Crippen molar-refractivity contribution in [2.24, 2.45) is 0 Å². The van der Waals surface area contributed by atoms with Crippen molar-refractivity contribution < 1.29 is 8.42 Å². The largest absolute Gasteiger partial charge is 0.332 e. The fourth-order valence-electron chi connectivity index (χ4n) is 1.30. The Morgan fingerprint density at radius 2 is 2.12 bits per heavy atom. The lowest BCUT2D eigenvalue weighted by molar-refractivity contribution is 0.379. The molecular formula is C10H19N3O2S. The van der Waals surface area contributed by atoms with Crippen LogP contribution in [-0.4, -0.2) is 35.8 Å². The van der Waals surface area contributed by atoms with Crippen LogP contribution in [0.3, 0.4) is 0 Å². The molecule has 0 spiro atoms. The van der Waals surface area contributed by atoms with Gasteiger partial charge in [-0.25, -0.2) is 13.4 Å². The van der Waals surface area contributed by atoms with Crippen molar-refractivity contribution in [2.45, 2.75) is 44.7 Å². The molecule has 0 amide bonds. The minimum Gasteiger partial charge on any atom is -0.332 e. The Labute approximate surface area is 96.9 Å². The summed E-state index contributed by atoms with van der Waals surface area (Å²) in [6.45, 7) is 5.77. The van der Waals surface area contributed by atoms with E-state index in [9.17, 15) is 8.42 Å². The van der Waals surface area contributed by atoms with Crippen LogP contribution in [0.15, 0.2) is 11.2 Å². The number of nitrogens with one attached hydrogen (secondary N) is 1. The average molecular weight is 245 g/mol. The summed E-state index contributed by atoms with van der Waals surface area (Å²) in [5, 5.41) is 0.173. The van der Waals surface area contributed by atoms with Crippen molar-refractivity contribution in [3.8, 4) is 0 Å². The molecule has 0 aliphatic rings. The van der Waals surface area contributed by atoms with Crippen LogP contribution in [0.4, 0.5) is 0 Å². The van der Waals surface area contributed by atoms with E-state index in [2.05, 4.69) is 9.97 Å². The monoisotopic (exact) mass is 245 g/mol. The van der Waals surface area contributed by atoms with Crippen molar-refractivity contribution in [2.75, 3.05) is 7.05 Å². The molecule has 0 saturated carbocycles. The first-order valence-corrected chi connectivity index (χ1v) is 6.89. The van der Waals surface area contributed by atoms with Crippen LogP contribution in [0.25, 0.3) is 0 Å². The highest BCUT2D eigenvalue weighted by atomic mass is 32.2. The molecule has 6 heteroatoms. The molecule has 5 nitrogen and oxygen atoms in total. The number of nitrogens with zero attached hydrogens (tertiary/aromatic N) is 2. The van der Waals surface area contributed by atoms with Gasteiger partial charge in [0, 0.05) is 19.5 Å². The molecule has 1 N–H and O–H groups in total. The first kappa shape index (κ1) is 13.2. The lowest BCUT2D eigenvalue weighted by Gasteiger charge is -2.21. The smallest absolute Gasteiger partial charge is 0.260 e. The second kappa shape index (κ2) is 4.97. The van der Waals surface area contributed by atoms with Crippen molar-refractivity contribution in [1.82, 2.24) is 14.3 Å². The van der Waals surface area contributed by atoms with E-state index in [0.29, 0.717) is 12.2 Å². The average Bonchev–Trinajstić information content (AvgIpc) is 2.75. The van der Waals surface area contributed by atoms with E-state index in [1.165, 1.54) is 10.5 Å². The number of sulfonamides is 1. The van der Waals surface area contributed by atoms with E-state index in [4.69, 9.17) is 0 Å². The van der Waals surface area contributed by atoms with E-state index in [1.807, 2.05) is 20.8 Å². The molecule has 92 valence electrons. The van der Waals surface area contributed by atoms with Crippen molar-refractivity contribution >= 4 is 10.0 Å². The van der Waals surface area contributed by atoms with Gasteiger partial charge < -0.3 is 4.98 Å².